The van der Waals surface area contributed by atoms with Crippen molar-refractivity contribution < 1.29 is 0 Å². The van der Waals surface area contributed by atoms with E-state index in [9.17, 15) is 0 Å². The minimum Gasteiger partial charge on any atom is -0.330 e. The lowest BCUT2D eigenvalue weighted by Gasteiger charge is -2.17. The molecule has 88 valence electrons. The Hall–Kier alpha value is -0.0400. The van der Waals surface area contributed by atoms with Crippen molar-refractivity contribution in [3.63, 3.8) is 0 Å². The monoisotopic (exact) mass is 201 g/mol. The Kier molecular flexibility index (Phi) is 11.1. The van der Waals surface area contributed by atoms with Crippen LogP contribution in [0.5, 0.6) is 0 Å². The Bertz CT molecular complexity index is 102. The summed E-state index contributed by atoms with van der Waals surface area (Å²) < 4.78 is 0. The lowest BCUT2D eigenvalue weighted by atomic mass is 9.89. The highest BCUT2D eigenvalue weighted by Gasteiger charge is 2.08. The van der Waals surface area contributed by atoms with Crippen LogP contribution in [0.1, 0.15) is 73.1 Å². The molecule has 0 saturated heterocycles. The van der Waals surface area contributed by atoms with Crippen LogP contribution in [0.2, 0.25) is 0 Å². The maximum absolute atomic E-state index is 5.43. The van der Waals surface area contributed by atoms with Gasteiger partial charge in [-0.1, -0.05) is 60.3 Å². The quantitative estimate of drug-likeness (QED) is 0.609. The fourth-order valence-corrected chi connectivity index (χ4v) is 1.51. The average molecular weight is 201 g/mol. The first-order valence-electron chi connectivity index (χ1n) is 5.76. The van der Waals surface area contributed by atoms with E-state index in [0.29, 0.717) is 5.41 Å². The van der Waals surface area contributed by atoms with Crippen molar-refractivity contribution in [1.29, 1.82) is 0 Å². The first kappa shape index (κ1) is 16.4. The third-order valence-electron chi connectivity index (χ3n) is 2.38. The van der Waals surface area contributed by atoms with Crippen LogP contribution in [0.4, 0.5) is 0 Å². The van der Waals surface area contributed by atoms with Crippen molar-refractivity contribution >= 4 is 0 Å². The summed E-state index contributed by atoms with van der Waals surface area (Å²) in [5, 5.41) is 0. The van der Waals surface area contributed by atoms with Gasteiger partial charge in [0, 0.05) is 0 Å². The predicted molar refractivity (Wildman–Crippen MR) is 67.6 cm³/mol. The summed E-state index contributed by atoms with van der Waals surface area (Å²) in [5.41, 5.74) is 5.95. The van der Waals surface area contributed by atoms with Gasteiger partial charge in [0.25, 0.3) is 0 Å². The molecule has 0 aliphatic rings. The third-order valence-corrected chi connectivity index (χ3v) is 2.38. The molecule has 0 atom stereocenters. The van der Waals surface area contributed by atoms with Crippen molar-refractivity contribution in [2.75, 3.05) is 6.54 Å². The molecule has 1 heteroatoms. The number of rotatable bonds is 7. The molecule has 0 saturated carbocycles. The van der Waals surface area contributed by atoms with Crippen molar-refractivity contribution in [3.8, 4) is 0 Å². The molecule has 14 heavy (non-hydrogen) atoms. The van der Waals surface area contributed by atoms with Crippen molar-refractivity contribution in [2.45, 2.75) is 73.1 Å². The zero-order chi connectivity index (χ0) is 10.2. The van der Waals surface area contributed by atoms with Gasteiger partial charge in [0.05, 0.1) is 0 Å². The molecule has 0 bridgehead atoms. The Morgan fingerprint density at radius 2 is 1.21 bits per heavy atom. The lowest BCUT2D eigenvalue weighted by molar-refractivity contribution is 0.356. The minimum absolute atomic E-state index is 0. The number of nitrogens with two attached hydrogens (primary N) is 1. The second kappa shape index (κ2) is 9.51. The first-order chi connectivity index (χ1) is 6.06. The minimum atomic E-state index is 0. The molecule has 0 amide bonds. The number of hydrogen-bond donors (Lipinski definition) is 1. The summed E-state index contributed by atoms with van der Waals surface area (Å²) >= 11 is 0. The van der Waals surface area contributed by atoms with E-state index in [4.69, 9.17) is 5.73 Å². The number of hydrogen-bond acceptors (Lipinski definition) is 1. The van der Waals surface area contributed by atoms with Gasteiger partial charge >= 0.3 is 0 Å². The van der Waals surface area contributed by atoms with Gasteiger partial charge in [-0.3, -0.25) is 0 Å². The molecular formula is C13H31N. The summed E-state index contributed by atoms with van der Waals surface area (Å²) in [4.78, 5) is 0. The topological polar surface area (TPSA) is 26.0 Å². The summed E-state index contributed by atoms with van der Waals surface area (Å²) in [6.07, 6.45) is 9.47. The largest absolute Gasteiger partial charge is 0.330 e. The summed E-state index contributed by atoms with van der Waals surface area (Å²) in [7, 11) is 0. The molecule has 0 aliphatic heterocycles. The van der Waals surface area contributed by atoms with E-state index in [1.165, 1.54) is 44.9 Å². The smallest absolute Gasteiger partial charge is 0.00773 e. The van der Waals surface area contributed by atoms with Crippen molar-refractivity contribution in [2.24, 2.45) is 11.1 Å². The maximum atomic E-state index is 5.43. The van der Waals surface area contributed by atoms with Crippen LogP contribution >= 0.6 is 0 Å². The number of unbranched alkanes of at least 4 members (excludes halogenated alkanes) is 5. The zero-order valence-corrected chi connectivity index (χ0v) is 9.73. The molecule has 0 aromatic heterocycles. The van der Waals surface area contributed by atoms with Gasteiger partial charge in [-0.05, 0) is 24.8 Å². The Labute approximate surface area is 91.5 Å². The van der Waals surface area contributed by atoms with Gasteiger partial charge in [0.1, 0.15) is 0 Å². The van der Waals surface area contributed by atoms with E-state index in [0.717, 1.165) is 6.54 Å². The Balaban J connectivity index is 0. The second-order valence-corrected chi connectivity index (χ2v) is 5.22. The molecular weight excluding hydrogens is 170 g/mol. The molecule has 0 aromatic carbocycles. The van der Waals surface area contributed by atoms with Crippen LogP contribution in [0, 0.1) is 5.41 Å². The van der Waals surface area contributed by atoms with Gasteiger partial charge in [-0.2, -0.15) is 0 Å². The summed E-state index contributed by atoms with van der Waals surface area (Å²) in [6.45, 7) is 7.83. The SMILES string of the molecule is C.CC(C)(C)CCCCCCCCN. The molecule has 0 spiro atoms. The Morgan fingerprint density at radius 3 is 1.64 bits per heavy atom. The second-order valence-electron chi connectivity index (χ2n) is 5.22. The normalized spacial score (nSPS) is 11.1. The van der Waals surface area contributed by atoms with Crippen LogP contribution in [-0.4, -0.2) is 6.54 Å². The molecule has 0 fully saturated rings. The predicted octanol–water partition coefficient (Wildman–Crippen LogP) is 4.36. The summed E-state index contributed by atoms with van der Waals surface area (Å²) in [5.74, 6) is 0. The Morgan fingerprint density at radius 1 is 0.786 bits per heavy atom. The van der Waals surface area contributed by atoms with Gasteiger partial charge in [0.2, 0.25) is 0 Å². The van der Waals surface area contributed by atoms with Crippen LogP contribution < -0.4 is 5.73 Å². The molecule has 0 radical (unpaired) electrons. The standard InChI is InChI=1S/C12H27N.CH4/c1-12(2,3)10-8-6-4-5-7-9-11-13;/h4-11,13H2,1-3H3;1H4. The van der Waals surface area contributed by atoms with E-state index in [2.05, 4.69) is 20.8 Å². The highest BCUT2D eigenvalue weighted by atomic mass is 14.5. The van der Waals surface area contributed by atoms with Crippen molar-refractivity contribution in [3.05, 3.63) is 0 Å². The highest BCUT2D eigenvalue weighted by Crippen LogP contribution is 2.22. The van der Waals surface area contributed by atoms with E-state index < -0.39 is 0 Å². The van der Waals surface area contributed by atoms with Crippen LogP contribution in [0.15, 0.2) is 0 Å². The molecule has 0 unspecified atom stereocenters. The third kappa shape index (κ3) is 14.5. The van der Waals surface area contributed by atoms with Crippen LogP contribution in [0.3, 0.4) is 0 Å². The zero-order valence-electron chi connectivity index (χ0n) is 9.73. The average Bonchev–Trinajstić information content (AvgIpc) is 2.01. The molecule has 0 aliphatic carbocycles. The van der Waals surface area contributed by atoms with E-state index in [-0.39, 0.29) is 7.43 Å². The van der Waals surface area contributed by atoms with E-state index in [1.807, 2.05) is 0 Å². The van der Waals surface area contributed by atoms with Crippen LogP contribution in [-0.2, 0) is 0 Å². The van der Waals surface area contributed by atoms with Crippen molar-refractivity contribution in [1.82, 2.24) is 0 Å². The first-order valence-corrected chi connectivity index (χ1v) is 5.76. The lowest BCUT2D eigenvalue weighted by Crippen LogP contribution is -2.03. The molecule has 0 heterocycles. The van der Waals surface area contributed by atoms with E-state index >= 15 is 0 Å². The van der Waals surface area contributed by atoms with Crippen LogP contribution in [0.25, 0.3) is 0 Å². The fraction of sp³-hybridized carbons (Fsp3) is 1.00. The van der Waals surface area contributed by atoms with Gasteiger partial charge in [-0.15, -0.1) is 0 Å². The van der Waals surface area contributed by atoms with Gasteiger partial charge in [0.15, 0.2) is 0 Å². The molecule has 0 aromatic rings. The van der Waals surface area contributed by atoms with Gasteiger partial charge < -0.3 is 5.73 Å². The maximum Gasteiger partial charge on any atom is -0.00773 e. The fourth-order valence-electron chi connectivity index (χ4n) is 1.51. The van der Waals surface area contributed by atoms with Gasteiger partial charge in [-0.25, -0.2) is 0 Å². The van der Waals surface area contributed by atoms with E-state index in [1.54, 1.807) is 0 Å². The molecule has 1 nitrogen and oxygen atoms in total. The molecule has 0 rings (SSSR count). The highest BCUT2D eigenvalue weighted by molar-refractivity contribution is 4.60. The molecule has 2 N–H and O–H groups in total. The summed E-state index contributed by atoms with van der Waals surface area (Å²) in [6, 6.07) is 0.